The highest BCUT2D eigenvalue weighted by Crippen LogP contribution is 2.37. The molecule has 24 heavy (non-hydrogen) atoms. The molecule has 1 saturated heterocycles. The van der Waals surface area contributed by atoms with E-state index in [2.05, 4.69) is 5.32 Å². The number of benzene rings is 1. The summed E-state index contributed by atoms with van der Waals surface area (Å²) in [6.45, 7) is 2.67. The van der Waals surface area contributed by atoms with Gasteiger partial charge in [-0.1, -0.05) is 12.1 Å². The molecule has 1 heterocycles. The molecule has 0 saturated carbocycles. The van der Waals surface area contributed by atoms with Gasteiger partial charge in [-0.3, -0.25) is 4.90 Å². The fourth-order valence-electron chi connectivity index (χ4n) is 2.83. The topological polar surface area (TPSA) is 24.5 Å². The summed E-state index contributed by atoms with van der Waals surface area (Å²) in [5.74, 6) is -0.514. The number of hydrogen-bond donors (Lipinski definition) is 1. The zero-order chi connectivity index (χ0) is 16.2. The Bertz CT molecular complexity index is 497. The van der Waals surface area contributed by atoms with Crippen molar-refractivity contribution in [3.8, 4) is 5.75 Å². The van der Waals surface area contributed by atoms with E-state index < -0.39 is 24.5 Å². The molecule has 1 aromatic rings. The van der Waals surface area contributed by atoms with Crippen molar-refractivity contribution in [1.29, 1.82) is 0 Å². The molecule has 0 radical (unpaired) electrons. The lowest BCUT2D eigenvalue weighted by atomic mass is 9.98. The third-order valence-corrected chi connectivity index (χ3v) is 3.85. The van der Waals surface area contributed by atoms with Crippen LogP contribution < -0.4 is 10.1 Å². The lowest BCUT2D eigenvalue weighted by Gasteiger charge is -2.36. The van der Waals surface area contributed by atoms with Crippen LogP contribution in [0.25, 0.3) is 0 Å². The molecule has 2 rings (SSSR count). The van der Waals surface area contributed by atoms with E-state index in [4.69, 9.17) is 4.74 Å². The van der Waals surface area contributed by atoms with E-state index >= 15 is 0 Å². The van der Waals surface area contributed by atoms with Crippen molar-refractivity contribution in [2.24, 2.45) is 0 Å². The molecule has 1 atom stereocenters. The molecule has 1 aliphatic heterocycles. The van der Waals surface area contributed by atoms with Crippen LogP contribution in [0.3, 0.4) is 0 Å². The van der Waals surface area contributed by atoms with Gasteiger partial charge in [0.15, 0.2) is 11.6 Å². The molecule has 0 spiro atoms. The molecule has 0 bridgehead atoms. The maximum absolute atomic E-state index is 13.9. The number of methoxy groups -OCH3 is 1. The third-order valence-electron chi connectivity index (χ3n) is 3.85. The second-order valence-corrected chi connectivity index (χ2v) is 5.32. The van der Waals surface area contributed by atoms with Crippen molar-refractivity contribution in [3.63, 3.8) is 0 Å². The maximum Gasteiger partial charge on any atom is 0.389 e. The number of para-hydroxylation sites is 1. The summed E-state index contributed by atoms with van der Waals surface area (Å²) in [6.07, 6.45) is -5.24. The minimum Gasteiger partial charge on any atom is -0.493 e. The second kappa shape index (κ2) is 10.3. The van der Waals surface area contributed by atoms with Crippen LogP contribution in [0.4, 0.5) is 17.6 Å². The molecule has 1 fully saturated rings. The minimum atomic E-state index is -4.23. The van der Waals surface area contributed by atoms with Gasteiger partial charge in [0.1, 0.15) is 0 Å². The first kappa shape index (κ1) is 23.2. The Hall–Kier alpha value is -0.760. The Morgan fingerprint density at radius 3 is 2.38 bits per heavy atom. The van der Waals surface area contributed by atoms with Crippen molar-refractivity contribution in [3.05, 3.63) is 29.6 Å². The fraction of sp³-hybridized carbons (Fsp3) is 0.600. The van der Waals surface area contributed by atoms with Gasteiger partial charge in [0, 0.05) is 44.2 Å². The average molecular weight is 393 g/mol. The molecule has 0 unspecified atom stereocenters. The summed E-state index contributed by atoms with van der Waals surface area (Å²) in [5.41, 5.74) is 0.480. The van der Waals surface area contributed by atoms with Gasteiger partial charge in [-0.15, -0.1) is 24.8 Å². The van der Waals surface area contributed by atoms with Crippen LogP contribution in [0.15, 0.2) is 18.2 Å². The highest BCUT2D eigenvalue weighted by molar-refractivity contribution is 5.85. The summed E-state index contributed by atoms with van der Waals surface area (Å²) in [5, 5.41) is 3.16. The standard InChI is InChI=1S/C15H20F4N2O.2ClH/c1-22-14-11(3-2-4-12(14)16)13(5-6-15(17,18)19)21-9-7-20-8-10-21;;/h2-4,13,20H,5-10H2,1H3;2*1H/t13-;;/m1../s1. The highest BCUT2D eigenvalue weighted by Gasteiger charge is 2.32. The van der Waals surface area contributed by atoms with Gasteiger partial charge < -0.3 is 10.1 Å². The first-order chi connectivity index (χ1) is 10.4. The Labute approximate surface area is 151 Å². The quantitative estimate of drug-likeness (QED) is 0.767. The van der Waals surface area contributed by atoms with Crippen molar-refractivity contribution in [1.82, 2.24) is 10.2 Å². The zero-order valence-electron chi connectivity index (χ0n) is 13.2. The van der Waals surface area contributed by atoms with E-state index in [-0.39, 0.29) is 37.0 Å². The molecular formula is C15H22Cl2F4N2O. The number of halogens is 6. The van der Waals surface area contributed by atoms with Crippen molar-refractivity contribution >= 4 is 24.8 Å². The molecule has 0 aromatic heterocycles. The summed E-state index contributed by atoms with van der Waals surface area (Å²) in [6, 6.07) is 3.90. The maximum atomic E-state index is 13.9. The van der Waals surface area contributed by atoms with Gasteiger partial charge in [-0.05, 0) is 12.5 Å². The summed E-state index contributed by atoms with van der Waals surface area (Å²) in [7, 11) is 1.33. The van der Waals surface area contributed by atoms with E-state index in [0.717, 1.165) is 0 Å². The summed E-state index contributed by atoms with van der Waals surface area (Å²) >= 11 is 0. The second-order valence-electron chi connectivity index (χ2n) is 5.32. The Morgan fingerprint density at radius 1 is 1.21 bits per heavy atom. The van der Waals surface area contributed by atoms with Crippen molar-refractivity contribution in [2.45, 2.75) is 25.1 Å². The van der Waals surface area contributed by atoms with E-state index in [1.54, 1.807) is 6.07 Å². The number of piperazine rings is 1. The molecule has 0 aliphatic carbocycles. The third kappa shape index (κ3) is 6.27. The van der Waals surface area contributed by atoms with Crippen molar-refractivity contribution in [2.75, 3.05) is 33.3 Å². The molecule has 9 heteroatoms. The molecule has 0 amide bonds. The number of nitrogens with one attached hydrogen (secondary N) is 1. The zero-order valence-corrected chi connectivity index (χ0v) is 14.9. The van der Waals surface area contributed by atoms with Crippen LogP contribution in [0.5, 0.6) is 5.75 Å². The Balaban J connectivity index is 0.00000264. The Morgan fingerprint density at radius 2 is 1.83 bits per heavy atom. The lowest BCUT2D eigenvalue weighted by molar-refractivity contribution is -0.138. The predicted molar refractivity (Wildman–Crippen MR) is 89.9 cm³/mol. The number of alkyl halides is 3. The highest BCUT2D eigenvalue weighted by atomic mass is 35.5. The van der Waals surface area contributed by atoms with Crippen LogP contribution >= 0.6 is 24.8 Å². The molecular weight excluding hydrogens is 371 g/mol. The Kier molecular flexibility index (Phi) is 9.96. The molecule has 3 nitrogen and oxygen atoms in total. The van der Waals surface area contributed by atoms with Crippen molar-refractivity contribution < 1.29 is 22.3 Å². The van der Waals surface area contributed by atoms with Gasteiger partial charge >= 0.3 is 6.18 Å². The number of nitrogens with zero attached hydrogens (tertiary/aromatic N) is 1. The average Bonchev–Trinajstić information content (AvgIpc) is 2.47. The monoisotopic (exact) mass is 392 g/mol. The van der Waals surface area contributed by atoms with E-state index in [9.17, 15) is 17.6 Å². The molecule has 1 aromatic carbocycles. The molecule has 1 aliphatic rings. The summed E-state index contributed by atoms with van der Waals surface area (Å²) in [4.78, 5) is 1.96. The van der Waals surface area contributed by atoms with Gasteiger partial charge in [0.25, 0.3) is 0 Å². The number of ether oxygens (including phenoxy) is 1. The van der Waals surface area contributed by atoms with Gasteiger partial charge in [0.2, 0.25) is 0 Å². The first-order valence-electron chi connectivity index (χ1n) is 7.26. The predicted octanol–water partition coefficient (Wildman–Crippen LogP) is 3.97. The van der Waals surface area contributed by atoms with Crippen LogP contribution in [-0.2, 0) is 0 Å². The SMILES string of the molecule is COc1c(F)cccc1[C@@H](CCC(F)(F)F)N1CCNCC1.Cl.Cl. The molecule has 140 valence electrons. The smallest absolute Gasteiger partial charge is 0.389 e. The largest absolute Gasteiger partial charge is 0.493 e. The summed E-state index contributed by atoms with van der Waals surface area (Å²) < 4.78 is 56.8. The first-order valence-corrected chi connectivity index (χ1v) is 7.26. The van der Waals surface area contributed by atoms with Crippen LogP contribution in [0, 0.1) is 5.82 Å². The van der Waals surface area contributed by atoms with E-state index in [1.165, 1.54) is 19.2 Å². The van der Waals surface area contributed by atoms with Gasteiger partial charge in [-0.2, -0.15) is 13.2 Å². The molecule has 1 N–H and O–H groups in total. The minimum absolute atomic E-state index is 0. The van der Waals surface area contributed by atoms with Gasteiger partial charge in [-0.25, -0.2) is 4.39 Å². The normalized spacial score (nSPS) is 16.7. The van der Waals surface area contributed by atoms with E-state index in [0.29, 0.717) is 31.7 Å². The van der Waals surface area contributed by atoms with Gasteiger partial charge in [0.05, 0.1) is 7.11 Å². The van der Waals surface area contributed by atoms with Crippen LogP contribution in [0.1, 0.15) is 24.4 Å². The van der Waals surface area contributed by atoms with Crippen LogP contribution in [-0.4, -0.2) is 44.4 Å². The number of hydrogen-bond acceptors (Lipinski definition) is 3. The lowest BCUT2D eigenvalue weighted by Crippen LogP contribution is -2.45. The number of rotatable bonds is 5. The fourth-order valence-corrected chi connectivity index (χ4v) is 2.83. The van der Waals surface area contributed by atoms with E-state index in [1.807, 2.05) is 4.90 Å². The van der Waals surface area contributed by atoms with Crippen LogP contribution in [0.2, 0.25) is 0 Å².